The molecule has 34 heavy (non-hydrogen) atoms. The highest BCUT2D eigenvalue weighted by molar-refractivity contribution is 6.32. The first-order valence-electron chi connectivity index (χ1n) is 10.2. The van der Waals surface area contributed by atoms with Gasteiger partial charge in [0.25, 0.3) is 0 Å². The lowest BCUT2D eigenvalue weighted by atomic mass is 10.0. The average Bonchev–Trinajstić information content (AvgIpc) is 2.85. The molecule has 0 aliphatic rings. The van der Waals surface area contributed by atoms with E-state index >= 15 is 0 Å². The number of esters is 1. The van der Waals surface area contributed by atoms with Gasteiger partial charge in [-0.3, -0.25) is 4.79 Å². The highest BCUT2D eigenvalue weighted by Crippen LogP contribution is 2.27. The SMILES string of the molecule is CO/C=C(/C(=O)OC)c1ccccc1COc1ccc(Cl)cc1C(=O)/C=C/c1ccccc1Cl. The molecule has 0 unspecified atom stereocenters. The Kier molecular flexibility index (Phi) is 8.91. The second-order valence-electron chi connectivity index (χ2n) is 7.06. The molecule has 7 heteroatoms. The Labute approximate surface area is 208 Å². The molecule has 0 aliphatic heterocycles. The summed E-state index contributed by atoms with van der Waals surface area (Å²) in [5, 5.41) is 0.939. The number of carbonyl (C=O) groups is 2. The van der Waals surface area contributed by atoms with E-state index in [4.69, 9.17) is 37.4 Å². The molecule has 0 saturated heterocycles. The Morgan fingerprint density at radius 2 is 1.65 bits per heavy atom. The van der Waals surface area contributed by atoms with Crippen LogP contribution in [0.4, 0.5) is 0 Å². The van der Waals surface area contributed by atoms with Crippen LogP contribution in [0.5, 0.6) is 5.75 Å². The molecule has 3 aromatic rings. The van der Waals surface area contributed by atoms with E-state index in [1.54, 1.807) is 42.5 Å². The second-order valence-corrected chi connectivity index (χ2v) is 7.91. The minimum absolute atomic E-state index is 0.0877. The lowest BCUT2D eigenvalue weighted by molar-refractivity contribution is -0.133. The number of ether oxygens (including phenoxy) is 3. The van der Waals surface area contributed by atoms with E-state index in [1.807, 2.05) is 30.3 Å². The number of allylic oxidation sites excluding steroid dienone is 1. The Hall–Kier alpha value is -3.54. The Morgan fingerprint density at radius 1 is 0.912 bits per heavy atom. The summed E-state index contributed by atoms with van der Waals surface area (Å²) >= 11 is 12.3. The molecule has 0 spiro atoms. The van der Waals surface area contributed by atoms with Gasteiger partial charge in [-0.05, 0) is 53.1 Å². The molecule has 0 radical (unpaired) electrons. The molecule has 0 N–H and O–H groups in total. The van der Waals surface area contributed by atoms with Gasteiger partial charge >= 0.3 is 5.97 Å². The summed E-state index contributed by atoms with van der Waals surface area (Å²) in [6.45, 7) is 0.0877. The first-order valence-corrected chi connectivity index (χ1v) is 11.0. The van der Waals surface area contributed by atoms with Crippen LogP contribution in [0.25, 0.3) is 11.6 Å². The van der Waals surface area contributed by atoms with Crippen molar-refractivity contribution in [1.82, 2.24) is 0 Å². The van der Waals surface area contributed by atoms with Crippen LogP contribution in [-0.2, 0) is 20.9 Å². The molecule has 3 aromatic carbocycles. The van der Waals surface area contributed by atoms with Crippen molar-refractivity contribution in [2.45, 2.75) is 6.61 Å². The third-order valence-electron chi connectivity index (χ3n) is 4.86. The Morgan fingerprint density at radius 3 is 2.38 bits per heavy atom. The number of methoxy groups -OCH3 is 2. The van der Waals surface area contributed by atoms with Crippen LogP contribution in [0.15, 0.2) is 79.1 Å². The number of hydrogen-bond acceptors (Lipinski definition) is 5. The van der Waals surface area contributed by atoms with Crippen molar-refractivity contribution < 1.29 is 23.8 Å². The van der Waals surface area contributed by atoms with Gasteiger partial charge in [-0.1, -0.05) is 65.7 Å². The van der Waals surface area contributed by atoms with Crippen molar-refractivity contribution in [3.63, 3.8) is 0 Å². The van der Waals surface area contributed by atoms with Crippen LogP contribution in [0.3, 0.4) is 0 Å². The zero-order chi connectivity index (χ0) is 24.5. The van der Waals surface area contributed by atoms with Gasteiger partial charge in [0.05, 0.1) is 26.0 Å². The minimum Gasteiger partial charge on any atom is -0.503 e. The lowest BCUT2D eigenvalue weighted by Crippen LogP contribution is -2.09. The summed E-state index contributed by atoms with van der Waals surface area (Å²) in [6.07, 6.45) is 4.38. The predicted molar refractivity (Wildman–Crippen MR) is 134 cm³/mol. The number of rotatable bonds is 9. The van der Waals surface area contributed by atoms with Crippen molar-refractivity contribution in [1.29, 1.82) is 0 Å². The third kappa shape index (κ3) is 6.28. The van der Waals surface area contributed by atoms with E-state index in [2.05, 4.69) is 0 Å². The monoisotopic (exact) mass is 496 g/mol. The van der Waals surface area contributed by atoms with Crippen molar-refractivity contribution in [3.8, 4) is 5.75 Å². The van der Waals surface area contributed by atoms with Crippen molar-refractivity contribution in [2.75, 3.05) is 14.2 Å². The summed E-state index contributed by atoms with van der Waals surface area (Å²) in [5.41, 5.74) is 2.57. The first kappa shape index (κ1) is 25.1. The maximum absolute atomic E-state index is 12.9. The largest absolute Gasteiger partial charge is 0.503 e. The molecule has 174 valence electrons. The number of benzene rings is 3. The number of halogens is 2. The first-order chi connectivity index (χ1) is 16.4. The summed E-state index contributed by atoms with van der Waals surface area (Å²) in [4.78, 5) is 25.2. The second kappa shape index (κ2) is 12.1. The summed E-state index contributed by atoms with van der Waals surface area (Å²) in [5.74, 6) is -0.482. The molecule has 0 fully saturated rings. The van der Waals surface area contributed by atoms with Crippen LogP contribution in [0.2, 0.25) is 10.0 Å². The van der Waals surface area contributed by atoms with Gasteiger partial charge in [-0.2, -0.15) is 0 Å². The van der Waals surface area contributed by atoms with Gasteiger partial charge in [0, 0.05) is 10.0 Å². The van der Waals surface area contributed by atoms with Crippen molar-refractivity contribution in [3.05, 3.63) is 111 Å². The smallest absolute Gasteiger partial charge is 0.341 e. The standard InChI is InChI=1S/C27H22Cl2O5/c1-32-17-23(27(31)33-2)21-9-5-3-8-19(21)16-34-26-14-12-20(28)15-22(26)25(30)13-11-18-7-4-6-10-24(18)29/h3-15,17H,16H2,1-2H3/b13-11+,23-17+. The van der Waals surface area contributed by atoms with E-state index in [1.165, 1.54) is 26.6 Å². The molecule has 5 nitrogen and oxygen atoms in total. The third-order valence-corrected chi connectivity index (χ3v) is 5.44. The van der Waals surface area contributed by atoms with Crippen molar-refractivity contribution >= 4 is 46.6 Å². The maximum atomic E-state index is 12.9. The molecule has 0 aromatic heterocycles. The molecule has 0 bridgehead atoms. The van der Waals surface area contributed by atoms with Crippen LogP contribution >= 0.6 is 23.2 Å². The lowest BCUT2D eigenvalue weighted by Gasteiger charge is -2.14. The van der Waals surface area contributed by atoms with E-state index in [0.717, 1.165) is 5.56 Å². The average molecular weight is 497 g/mol. The Bertz CT molecular complexity index is 1250. The fourth-order valence-corrected chi connectivity index (χ4v) is 3.57. The molecule has 0 saturated carbocycles. The van der Waals surface area contributed by atoms with Crippen LogP contribution in [0.1, 0.15) is 27.0 Å². The van der Waals surface area contributed by atoms with Gasteiger partial charge in [0.1, 0.15) is 17.9 Å². The van der Waals surface area contributed by atoms with E-state index in [-0.39, 0.29) is 18.0 Å². The topological polar surface area (TPSA) is 61.8 Å². The summed E-state index contributed by atoms with van der Waals surface area (Å²) < 4.78 is 15.9. The Balaban J connectivity index is 1.87. The highest BCUT2D eigenvalue weighted by atomic mass is 35.5. The van der Waals surface area contributed by atoms with E-state index in [0.29, 0.717) is 32.5 Å². The molecule has 0 atom stereocenters. The predicted octanol–water partition coefficient (Wildman–Crippen LogP) is 6.63. The zero-order valence-corrected chi connectivity index (χ0v) is 20.1. The molecule has 0 amide bonds. The highest BCUT2D eigenvalue weighted by Gasteiger charge is 2.18. The molecule has 3 rings (SSSR count). The van der Waals surface area contributed by atoms with E-state index in [9.17, 15) is 9.59 Å². The van der Waals surface area contributed by atoms with Gasteiger partial charge in [-0.15, -0.1) is 0 Å². The molecular weight excluding hydrogens is 475 g/mol. The number of ketones is 1. The molecule has 0 aliphatic carbocycles. The fourth-order valence-electron chi connectivity index (χ4n) is 3.20. The zero-order valence-electron chi connectivity index (χ0n) is 18.6. The summed E-state index contributed by atoms with van der Waals surface area (Å²) in [6, 6.07) is 19.2. The van der Waals surface area contributed by atoms with Crippen LogP contribution < -0.4 is 4.74 Å². The minimum atomic E-state index is -0.540. The van der Waals surface area contributed by atoms with Gasteiger partial charge in [0.2, 0.25) is 0 Å². The van der Waals surface area contributed by atoms with Gasteiger partial charge < -0.3 is 14.2 Å². The molecular formula is C27H22Cl2O5. The van der Waals surface area contributed by atoms with Crippen molar-refractivity contribution in [2.24, 2.45) is 0 Å². The number of carbonyl (C=O) groups excluding carboxylic acids is 2. The maximum Gasteiger partial charge on any atom is 0.341 e. The number of hydrogen-bond donors (Lipinski definition) is 0. The van der Waals surface area contributed by atoms with Crippen LogP contribution in [0, 0.1) is 0 Å². The summed E-state index contributed by atoms with van der Waals surface area (Å²) in [7, 11) is 2.75. The quantitative estimate of drug-likeness (QED) is 0.144. The molecule has 0 heterocycles. The van der Waals surface area contributed by atoms with Gasteiger partial charge in [0.15, 0.2) is 5.78 Å². The van der Waals surface area contributed by atoms with Gasteiger partial charge in [-0.25, -0.2) is 4.79 Å². The van der Waals surface area contributed by atoms with Crippen LogP contribution in [-0.4, -0.2) is 26.0 Å². The van der Waals surface area contributed by atoms with E-state index < -0.39 is 5.97 Å². The fraction of sp³-hybridized carbons (Fsp3) is 0.111. The normalized spacial score (nSPS) is 11.4.